The van der Waals surface area contributed by atoms with Crippen molar-refractivity contribution in [1.82, 2.24) is 0 Å². The molecule has 0 aliphatic carbocycles. The van der Waals surface area contributed by atoms with E-state index in [1.165, 1.54) is 38.5 Å². The molecule has 0 aromatic carbocycles. The maximum absolute atomic E-state index is 11.3. The first-order chi connectivity index (χ1) is 9.52. The molecule has 0 amide bonds. The van der Waals surface area contributed by atoms with Crippen LogP contribution in [0.1, 0.15) is 71.1 Å². The molecule has 0 unspecified atom stereocenters. The molecule has 0 aromatic heterocycles. The zero-order valence-corrected chi connectivity index (χ0v) is 13.4. The van der Waals surface area contributed by atoms with Crippen LogP contribution >= 0.6 is 0 Å². The van der Waals surface area contributed by atoms with Gasteiger partial charge in [0.25, 0.3) is 0 Å². The fraction of sp³-hybridized carbons (Fsp3) is 0.929. The molecule has 0 rings (SSSR count). The molecule has 0 fully saturated rings. The third-order valence-corrected chi connectivity index (χ3v) is 4.25. The number of carbonyl (C=O) groups is 1. The first-order valence-corrected chi connectivity index (χ1v) is 9.24. The standard InChI is InChI=1S/C14H29NO4S.Na.H/c1-2-3-4-5-6-7-8-9-10-11-14(16)19-20(17,18)13-12-15;;/h2-13,15H2,1H3;;. The van der Waals surface area contributed by atoms with Gasteiger partial charge in [-0.1, -0.05) is 58.3 Å². The quantitative estimate of drug-likeness (QED) is 0.317. The molecule has 0 radical (unpaired) electrons. The number of hydrogen-bond donors (Lipinski definition) is 1. The van der Waals surface area contributed by atoms with Crippen LogP contribution < -0.4 is 5.73 Å². The van der Waals surface area contributed by atoms with Crippen LogP contribution in [0.2, 0.25) is 0 Å². The molecule has 21 heavy (non-hydrogen) atoms. The third-order valence-electron chi connectivity index (χ3n) is 3.07. The molecular weight excluding hydrogens is 301 g/mol. The second kappa shape index (κ2) is 15.3. The van der Waals surface area contributed by atoms with Gasteiger partial charge in [-0.25, -0.2) is 0 Å². The van der Waals surface area contributed by atoms with Crippen molar-refractivity contribution in [3.8, 4) is 0 Å². The summed E-state index contributed by atoms with van der Waals surface area (Å²) in [6, 6.07) is 0. The van der Waals surface area contributed by atoms with Crippen LogP contribution in [0, 0.1) is 0 Å². The van der Waals surface area contributed by atoms with E-state index in [4.69, 9.17) is 5.73 Å². The van der Waals surface area contributed by atoms with Crippen LogP contribution in [-0.4, -0.2) is 56.2 Å². The summed E-state index contributed by atoms with van der Waals surface area (Å²) in [5, 5.41) is 0. The summed E-state index contributed by atoms with van der Waals surface area (Å²) in [7, 11) is -3.77. The summed E-state index contributed by atoms with van der Waals surface area (Å²) in [5.41, 5.74) is 5.12. The number of nitrogens with two attached hydrogens (primary N) is 1. The topological polar surface area (TPSA) is 86.5 Å². The summed E-state index contributed by atoms with van der Waals surface area (Å²) < 4.78 is 26.8. The molecule has 0 atom stereocenters. The van der Waals surface area contributed by atoms with Crippen molar-refractivity contribution < 1.29 is 17.4 Å². The molecule has 0 bridgehead atoms. The van der Waals surface area contributed by atoms with Crippen molar-refractivity contribution in [2.75, 3.05) is 12.3 Å². The molecule has 5 nitrogen and oxygen atoms in total. The van der Waals surface area contributed by atoms with E-state index in [1.54, 1.807) is 0 Å². The number of carbonyl (C=O) groups excluding carboxylic acids is 1. The summed E-state index contributed by atoms with van der Waals surface area (Å²) in [4.78, 5) is 11.3. The van der Waals surface area contributed by atoms with Crippen LogP contribution in [0.25, 0.3) is 0 Å². The van der Waals surface area contributed by atoms with Gasteiger partial charge < -0.3 is 9.92 Å². The Bertz CT molecular complexity index is 347. The fourth-order valence-corrected chi connectivity index (χ4v) is 2.69. The Balaban J connectivity index is 0. The van der Waals surface area contributed by atoms with Crippen molar-refractivity contribution in [3.05, 3.63) is 0 Å². The molecule has 7 heteroatoms. The van der Waals surface area contributed by atoms with Crippen molar-refractivity contribution in [2.45, 2.75) is 71.1 Å². The zero-order chi connectivity index (χ0) is 15.3. The van der Waals surface area contributed by atoms with Gasteiger partial charge in [0.2, 0.25) is 0 Å². The third kappa shape index (κ3) is 16.6. The SMILES string of the molecule is CCCCCCCCCCCC(=O)OS(=O)(=O)CCN.[NaH]. The number of rotatable bonds is 13. The average Bonchev–Trinajstić information content (AvgIpc) is 2.36. The Morgan fingerprint density at radius 3 is 1.90 bits per heavy atom. The Morgan fingerprint density at radius 2 is 1.43 bits per heavy atom. The minimum atomic E-state index is -3.77. The van der Waals surface area contributed by atoms with E-state index in [0.717, 1.165) is 12.8 Å². The van der Waals surface area contributed by atoms with Gasteiger partial charge in [-0.3, -0.25) is 4.79 Å². The minimum absolute atomic E-state index is 0. The predicted molar refractivity (Wildman–Crippen MR) is 87.9 cm³/mol. The monoisotopic (exact) mass is 331 g/mol. The van der Waals surface area contributed by atoms with E-state index in [-0.39, 0.29) is 48.3 Å². The Labute approximate surface area is 151 Å². The Kier molecular flexibility index (Phi) is 17.2. The van der Waals surface area contributed by atoms with Gasteiger partial charge in [0.1, 0.15) is 0 Å². The Hall–Kier alpha value is 0.380. The number of unbranched alkanes of at least 4 members (excludes halogenated alkanes) is 8. The van der Waals surface area contributed by atoms with Crippen LogP contribution in [0.15, 0.2) is 0 Å². The molecule has 0 aliphatic heterocycles. The molecule has 0 spiro atoms. The van der Waals surface area contributed by atoms with Crippen molar-refractivity contribution in [2.24, 2.45) is 5.73 Å². The van der Waals surface area contributed by atoms with Crippen molar-refractivity contribution in [3.63, 3.8) is 0 Å². The van der Waals surface area contributed by atoms with Crippen LogP contribution in [0.5, 0.6) is 0 Å². The van der Waals surface area contributed by atoms with Gasteiger partial charge in [-0.15, -0.1) is 0 Å². The van der Waals surface area contributed by atoms with Crippen LogP contribution in [0.4, 0.5) is 0 Å². The summed E-state index contributed by atoms with van der Waals surface area (Å²) >= 11 is 0. The first-order valence-electron chi connectivity index (χ1n) is 7.67. The van der Waals surface area contributed by atoms with Gasteiger partial charge in [-0.2, -0.15) is 8.42 Å². The van der Waals surface area contributed by atoms with Crippen LogP contribution in [0.3, 0.4) is 0 Å². The Morgan fingerprint density at radius 1 is 0.952 bits per heavy atom. The molecule has 0 saturated carbocycles. The van der Waals surface area contributed by atoms with Crippen LogP contribution in [-0.2, 0) is 19.1 Å². The maximum atomic E-state index is 11.3. The molecule has 0 aromatic rings. The fourth-order valence-electron chi connectivity index (χ4n) is 1.95. The van der Waals surface area contributed by atoms with Gasteiger partial charge >= 0.3 is 45.6 Å². The molecule has 2 N–H and O–H groups in total. The number of hydrogen-bond acceptors (Lipinski definition) is 5. The molecule has 122 valence electrons. The zero-order valence-electron chi connectivity index (χ0n) is 12.6. The summed E-state index contributed by atoms with van der Waals surface area (Å²) in [5.74, 6) is -0.974. The second-order valence-corrected chi connectivity index (χ2v) is 6.77. The molecule has 0 heterocycles. The van der Waals surface area contributed by atoms with E-state index in [2.05, 4.69) is 11.1 Å². The van der Waals surface area contributed by atoms with E-state index >= 15 is 0 Å². The molecular formula is C14H30NNaO4S. The van der Waals surface area contributed by atoms with Gasteiger partial charge in [0, 0.05) is 13.0 Å². The summed E-state index contributed by atoms with van der Waals surface area (Å²) in [6.45, 7) is 2.17. The van der Waals surface area contributed by atoms with Gasteiger partial charge in [0.05, 0.1) is 5.75 Å². The summed E-state index contributed by atoms with van der Waals surface area (Å²) in [6.07, 6.45) is 10.5. The second-order valence-electron chi connectivity index (χ2n) is 5.08. The predicted octanol–water partition coefficient (Wildman–Crippen LogP) is 2.09. The molecule has 0 saturated heterocycles. The first kappa shape index (κ1) is 23.6. The van der Waals surface area contributed by atoms with E-state index in [1.807, 2.05) is 0 Å². The van der Waals surface area contributed by atoms with Crippen molar-refractivity contribution >= 4 is 45.6 Å². The normalized spacial score (nSPS) is 11.0. The van der Waals surface area contributed by atoms with E-state index < -0.39 is 16.1 Å². The average molecular weight is 331 g/mol. The van der Waals surface area contributed by atoms with E-state index in [0.29, 0.717) is 6.42 Å². The van der Waals surface area contributed by atoms with E-state index in [9.17, 15) is 13.2 Å². The van der Waals surface area contributed by atoms with Gasteiger partial charge in [-0.05, 0) is 6.42 Å². The molecule has 0 aliphatic rings. The van der Waals surface area contributed by atoms with Crippen molar-refractivity contribution in [1.29, 1.82) is 0 Å². The van der Waals surface area contributed by atoms with Gasteiger partial charge in [0.15, 0.2) is 0 Å².